The molecule has 0 radical (unpaired) electrons. The Balaban J connectivity index is 2.20. The van der Waals surface area contributed by atoms with Gasteiger partial charge in [0.25, 0.3) is 10.1 Å². The zero-order valence-electron chi connectivity index (χ0n) is 7.91. The molecule has 3 aliphatic rings. The van der Waals surface area contributed by atoms with Crippen LogP contribution in [0, 0.1) is 10.8 Å². The molecule has 1 saturated heterocycles. The van der Waals surface area contributed by atoms with Crippen molar-refractivity contribution in [3.63, 3.8) is 0 Å². The van der Waals surface area contributed by atoms with Gasteiger partial charge in [-0.3, -0.25) is 4.18 Å². The molecule has 2 bridgehead atoms. The third kappa shape index (κ3) is 0.773. The molecule has 4 atom stereocenters. The predicted octanol–water partition coefficient (Wildman–Crippen LogP) is 1.29. The Morgan fingerprint density at radius 3 is 2.46 bits per heavy atom. The fourth-order valence-corrected chi connectivity index (χ4v) is 6.00. The van der Waals surface area contributed by atoms with Crippen molar-refractivity contribution in [1.82, 2.24) is 0 Å². The van der Waals surface area contributed by atoms with E-state index >= 15 is 0 Å². The van der Waals surface area contributed by atoms with Gasteiger partial charge in [0, 0.05) is 5.41 Å². The summed E-state index contributed by atoms with van der Waals surface area (Å²) in [5.74, 6) is 0. The van der Waals surface area contributed by atoms with Crippen LogP contribution in [0.5, 0.6) is 0 Å². The second-order valence-corrected chi connectivity index (χ2v) is 7.21. The highest BCUT2D eigenvalue weighted by atomic mass is 32.2. The lowest BCUT2D eigenvalue weighted by atomic mass is 9.81. The van der Waals surface area contributed by atoms with E-state index in [2.05, 4.69) is 13.8 Å². The van der Waals surface area contributed by atoms with Gasteiger partial charge in [-0.15, -0.1) is 0 Å². The summed E-state index contributed by atoms with van der Waals surface area (Å²) in [6.45, 7) is 4.26. The molecule has 0 N–H and O–H groups in total. The summed E-state index contributed by atoms with van der Waals surface area (Å²) in [7, 11) is -3.23. The standard InChI is InChI=1S/C9H14O3S/c1-8-3-6-9(2,5-8)7(4-8)13(10,11)12-6/h6-7H,3-5H2,1-2H3. The van der Waals surface area contributed by atoms with Crippen LogP contribution in [-0.4, -0.2) is 19.8 Å². The van der Waals surface area contributed by atoms with Crippen LogP contribution in [0.25, 0.3) is 0 Å². The van der Waals surface area contributed by atoms with Crippen LogP contribution in [0.15, 0.2) is 0 Å². The molecule has 3 nitrogen and oxygen atoms in total. The maximum atomic E-state index is 11.6. The Morgan fingerprint density at radius 1 is 1.31 bits per heavy atom. The van der Waals surface area contributed by atoms with Gasteiger partial charge in [-0.2, -0.15) is 8.42 Å². The Kier molecular flexibility index (Phi) is 1.15. The number of fused-ring (bicyclic) bond motifs is 1. The van der Waals surface area contributed by atoms with Gasteiger partial charge in [0.05, 0.1) is 11.4 Å². The lowest BCUT2D eigenvalue weighted by Gasteiger charge is -2.25. The average molecular weight is 202 g/mol. The van der Waals surface area contributed by atoms with E-state index in [-0.39, 0.29) is 22.2 Å². The molecular weight excluding hydrogens is 188 g/mol. The Hall–Kier alpha value is -0.0900. The van der Waals surface area contributed by atoms with Gasteiger partial charge < -0.3 is 0 Å². The molecule has 1 heterocycles. The molecule has 4 heteroatoms. The van der Waals surface area contributed by atoms with E-state index < -0.39 is 10.1 Å². The van der Waals surface area contributed by atoms with E-state index in [4.69, 9.17) is 4.18 Å². The molecule has 0 spiro atoms. The van der Waals surface area contributed by atoms with Gasteiger partial charge in [0.2, 0.25) is 0 Å². The van der Waals surface area contributed by atoms with Crippen molar-refractivity contribution in [2.75, 3.05) is 0 Å². The van der Waals surface area contributed by atoms with E-state index in [0.717, 1.165) is 19.3 Å². The topological polar surface area (TPSA) is 43.4 Å². The molecule has 74 valence electrons. The first kappa shape index (κ1) is 8.24. The summed E-state index contributed by atoms with van der Waals surface area (Å²) in [5, 5.41) is -0.219. The van der Waals surface area contributed by atoms with Crippen LogP contribution in [-0.2, 0) is 14.3 Å². The first-order chi connectivity index (χ1) is 5.86. The van der Waals surface area contributed by atoms with Gasteiger partial charge in [-0.05, 0) is 24.7 Å². The van der Waals surface area contributed by atoms with Crippen LogP contribution >= 0.6 is 0 Å². The van der Waals surface area contributed by atoms with Crippen molar-refractivity contribution < 1.29 is 12.6 Å². The van der Waals surface area contributed by atoms with Gasteiger partial charge in [0.1, 0.15) is 0 Å². The molecule has 1 aliphatic heterocycles. The number of hydrogen-bond donors (Lipinski definition) is 0. The molecule has 4 unspecified atom stereocenters. The van der Waals surface area contributed by atoms with E-state index in [0.29, 0.717) is 0 Å². The Labute approximate surface area is 78.6 Å². The number of hydrogen-bond acceptors (Lipinski definition) is 3. The molecule has 0 aromatic carbocycles. The third-order valence-electron chi connectivity index (χ3n) is 4.23. The maximum Gasteiger partial charge on any atom is 0.271 e. The van der Waals surface area contributed by atoms with Crippen molar-refractivity contribution in [2.45, 2.75) is 44.5 Å². The average Bonchev–Trinajstić information content (AvgIpc) is 2.35. The van der Waals surface area contributed by atoms with E-state index in [9.17, 15) is 8.42 Å². The summed E-state index contributed by atoms with van der Waals surface area (Å²) in [4.78, 5) is 0. The normalized spacial score (nSPS) is 61.7. The highest BCUT2D eigenvalue weighted by Gasteiger charge is 2.70. The zero-order chi connectivity index (χ0) is 9.48. The summed E-state index contributed by atoms with van der Waals surface area (Å²) >= 11 is 0. The molecule has 13 heavy (non-hydrogen) atoms. The zero-order valence-corrected chi connectivity index (χ0v) is 8.73. The van der Waals surface area contributed by atoms with Crippen LogP contribution < -0.4 is 0 Å². The van der Waals surface area contributed by atoms with E-state index in [1.54, 1.807) is 0 Å². The van der Waals surface area contributed by atoms with Crippen molar-refractivity contribution in [2.24, 2.45) is 10.8 Å². The van der Waals surface area contributed by atoms with Gasteiger partial charge in [0.15, 0.2) is 0 Å². The van der Waals surface area contributed by atoms with Crippen molar-refractivity contribution in [1.29, 1.82) is 0 Å². The first-order valence-corrected chi connectivity index (χ1v) is 6.25. The summed E-state index contributed by atoms with van der Waals surface area (Å²) in [6.07, 6.45) is 2.73. The minimum Gasteiger partial charge on any atom is -0.266 e. The quantitative estimate of drug-likeness (QED) is 0.556. The minimum absolute atomic E-state index is 0.0266. The first-order valence-electron chi connectivity index (χ1n) is 4.78. The summed E-state index contributed by atoms with van der Waals surface area (Å²) in [6, 6.07) is 0. The molecule has 2 aliphatic carbocycles. The molecule has 3 rings (SSSR count). The molecule has 0 aromatic rings. The van der Waals surface area contributed by atoms with E-state index in [1.165, 1.54) is 0 Å². The monoisotopic (exact) mass is 202 g/mol. The maximum absolute atomic E-state index is 11.6. The minimum atomic E-state index is -3.23. The Bertz CT molecular complexity index is 374. The van der Waals surface area contributed by atoms with Crippen molar-refractivity contribution in [3.8, 4) is 0 Å². The fraction of sp³-hybridized carbons (Fsp3) is 1.00. The lowest BCUT2D eigenvalue weighted by Crippen LogP contribution is -2.33. The molecular formula is C9H14O3S. The van der Waals surface area contributed by atoms with Crippen LogP contribution in [0.2, 0.25) is 0 Å². The van der Waals surface area contributed by atoms with Crippen molar-refractivity contribution in [3.05, 3.63) is 0 Å². The predicted molar refractivity (Wildman–Crippen MR) is 47.6 cm³/mol. The summed E-state index contributed by atoms with van der Waals surface area (Å²) in [5.41, 5.74) is 0.154. The van der Waals surface area contributed by atoms with Crippen LogP contribution in [0.4, 0.5) is 0 Å². The third-order valence-corrected chi connectivity index (χ3v) is 6.14. The molecule has 3 fully saturated rings. The van der Waals surface area contributed by atoms with E-state index in [1.807, 2.05) is 0 Å². The lowest BCUT2D eigenvalue weighted by molar-refractivity contribution is 0.126. The molecule has 0 amide bonds. The van der Waals surface area contributed by atoms with Crippen molar-refractivity contribution >= 4 is 10.1 Å². The SMILES string of the molecule is CC12CC3OS(=O)(=O)C(C1)C3(C)C2. The Morgan fingerprint density at radius 2 is 2.00 bits per heavy atom. The van der Waals surface area contributed by atoms with Crippen LogP contribution in [0.1, 0.15) is 33.1 Å². The second-order valence-electron chi connectivity index (χ2n) is 5.47. The van der Waals surface area contributed by atoms with Gasteiger partial charge >= 0.3 is 0 Å². The molecule has 0 aromatic heterocycles. The second kappa shape index (κ2) is 1.82. The van der Waals surface area contributed by atoms with Crippen LogP contribution in [0.3, 0.4) is 0 Å². The van der Waals surface area contributed by atoms with Gasteiger partial charge in [-0.25, -0.2) is 0 Å². The highest BCUT2D eigenvalue weighted by molar-refractivity contribution is 7.87. The number of rotatable bonds is 0. The van der Waals surface area contributed by atoms with Gasteiger partial charge in [-0.1, -0.05) is 13.8 Å². The fourth-order valence-electron chi connectivity index (χ4n) is 3.75. The largest absolute Gasteiger partial charge is 0.271 e. The molecule has 2 saturated carbocycles. The highest BCUT2D eigenvalue weighted by Crippen LogP contribution is 2.67. The summed E-state index contributed by atoms with van der Waals surface area (Å²) < 4.78 is 28.4. The smallest absolute Gasteiger partial charge is 0.266 e.